The molecular formula is C9H16N2O. The molecule has 0 unspecified atom stereocenters. The van der Waals surface area contributed by atoms with Crippen molar-refractivity contribution in [2.45, 2.75) is 6.92 Å². The third-order valence-corrected chi connectivity index (χ3v) is 0.904. The average molecular weight is 168 g/mol. The fourth-order valence-electron chi connectivity index (χ4n) is 0.254. The van der Waals surface area contributed by atoms with Gasteiger partial charge in [-0.1, -0.05) is 37.0 Å². The van der Waals surface area contributed by atoms with Gasteiger partial charge in [0.25, 0.3) is 0 Å². The lowest BCUT2D eigenvalue weighted by atomic mass is 10.3. The van der Waals surface area contributed by atoms with Gasteiger partial charge in [-0.2, -0.15) is 0 Å². The van der Waals surface area contributed by atoms with E-state index in [1.807, 2.05) is 13.0 Å². The van der Waals surface area contributed by atoms with Crippen LogP contribution in [-0.2, 0) is 4.79 Å². The lowest BCUT2D eigenvalue weighted by Gasteiger charge is -1.80. The van der Waals surface area contributed by atoms with Crippen LogP contribution in [0.5, 0.6) is 0 Å². The third-order valence-electron chi connectivity index (χ3n) is 0.904. The van der Waals surface area contributed by atoms with Gasteiger partial charge in [-0.05, 0) is 6.92 Å². The number of hydrogen-bond acceptors (Lipinski definition) is 2. The first-order valence-electron chi connectivity index (χ1n) is 3.48. The maximum atomic E-state index is 9.47. The lowest BCUT2D eigenvalue weighted by Crippen LogP contribution is -2.21. The third kappa shape index (κ3) is 15.9. The maximum absolute atomic E-state index is 9.47. The Morgan fingerprint density at radius 1 is 1.50 bits per heavy atom. The van der Waals surface area contributed by atoms with Gasteiger partial charge in [-0.25, -0.2) is 0 Å². The van der Waals surface area contributed by atoms with Gasteiger partial charge in [0.15, 0.2) is 0 Å². The zero-order valence-corrected chi connectivity index (χ0v) is 7.42. The summed E-state index contributed by atoms with van der Waals surface area (Å²) in [6.45, 7) is 9.01. The van der Waals surface area contributed by atoms with E-state index in [-0.39, 0.29) is 6.54 Å². The molecule has 1 amide bonds. The first-order chi connectivity index (χ1) is 5.58. The standard InChI is InChI=1S/C7H10.C2H6N2O/c1-4-6-7(3)5-2;3-1-2(4)5/h4-6H,1-2H2,3H3;1,3H2,(H2,4,5)/b7-6-;. The summed E-state index contributed by atoms with van der Waals surface area (Å²) in [4.78, 5) is 9.47. The van der Waals surface area contributed by atoms with E-state index in [1.165, 1.54) is 0 Å². The molecule has 12 heavy (non-hydrogen) atoms. The van der Waals surface area contributed by atoms with Crippen LogP contribution in [-0.4, -0.2) is 12.5 Å². The Balaban J connectivity index is 0. The Bertz CT molecular complexity index is 183. The second-order valence-corrected chi connectivity index (χ2v) is 2.02. The molecule has 3 heteroatoms. The monoisotopic (exact) mass is 168 g/mol. The highest BCUT2D eigenvalue weighted by Gasteiger charge is 1.77. The summed E-state index contributed by atoms with van der Waals surface area (Å²) < 4.78 is 0. The molecule has 0 rings (SSSR count). The van der Waals surface area contributed by atoms with Crippen molar-refractivity contribution in [1.29, 1.82) is 0 Å². The van der Waals surface area contributed by atoms with E-state index in [0.717, 1.165) is 5.57 Å². The van der Waals surface area contributed by atoms with Crippen LogP contribution >= 0.6 is 0 Å². The number of carbonyl (C=O) groups excluding carboxylic acids is 1. The zero-order valence-electron chi connectivity index (χ0n) is 7.42. The average Bonchev–Trinajstić information content (AvgIpc) is 2.06. The number of rotatable bonds is 3. The minimum absolute atomic E-state index is 0.0556. The fraction of sp³-hybridized carbons (Fsp3) is 0.222. The minimum atomic E-state index is -0.468. The Hall–Kier alpha value is -1.35. The van der Waals surface area contributed by atoms with Crippen LogP contribution in [0, 0.1) is 0 Å². The predicted molar refractivity (Wildman–Crippen MR) is 52.4 cm³/mol. The van der Waals surface area contributed by atoms with E-state index in [9.17, 15) is 4.79 Å². The molecule has 0 saturated carbocycles. The maximum Gasteiger partial charge on any atom is 0.231 e. The van der Waals surface area contributed by atoms with Crippen molar-refractivity contribution in [3.8, 4) is 0 Å². The Labute approximate surface area is 73.4 Å². The van der Waals surface area contributed by atoms with Crippen molar-refractivity contribution < 1.29 is 4.79 Å². The van der Waals surface area contributed by atoms with Crippen molar-refractivity contribution in [1.82, 2.24) is 0 Å². The van der Waals surface area contributed by atoms with Crippen molar-refractivity contribution >= 4 is 5.91 Å². The molecule has 0 radical (unpaired) electrons. The van der Waals surface area contributed by atoms with E-state index in [2.05, 4.69) is 18.9 Å². The number of nitrogens with two attached hydrogens (primary N) is 2. The van der Waals surface area contributed by atoms with E-state index < -0.39 is 5.91 Å². The molecule has 0 aromatic carbocycles. The molecule has 68 valence electrons. The van der Waals surface area contributed by atoms with Crippen molar-refractivity contribution in [2.75, 3.05) is 6.54 Å². The number of carbonyl (C=O) groups is 1. The van der Waals surface area contributed by atoms with Gasteiger partial charge in [-0.15, -0.1) is 0 Å². The van der Waals surface area contributed by atoms with Crippen LogP contribution in [0.15, 0.2) is 37.0 Å². The summed E-state index contributed by atoms with van der Waals surface area (Å²) in [5.41, 5.74) is 10.4. The molecule has 0 saturated heterocycles. The highest BCUT2D eigenvalue weighted by molar-refractivity contribution is 5.75. The Kier molecular flexibility index (Phi) is 10.7. The van der Waals surface area contributed by atoms with Crippen molar-refractivity contribution in [3.63, 3.8) is 0 Å². The molecule has 0 aliphatic carbocycles. The van der Waals surface area contributed by atoms with Gasteiger partial charge in [0.1, 0.15) is 0 Å². The summed E-state index contributed by atoms with van der Waals surface area (Å²) in [6, 6.07) is 0. The van der Waals surface area contributed by atoms with Gasteiger partial charge in [0.05, 0.1) is 6.54 Å². The molecule has 0 fully saturated rings. The Morgan fingerprint density at radius 2 is 1.92 bits per heavy atom. The second-order valence-electron chi connectivity index (χ2n) is 2.02. The van der Waals surface area contributed by atoms with Gasteiger partial charge in [-0.3, -0.25) is 4.79 Å². The van der Waals surface area contributed by atoms with E-state index in [0.29, 0.717) is 0 Å². The molecule has 0 heterocycles. The van der Waals surface area contributed by atoms with E-state index in [4.69, 9.17) is 5.73 Å². The van der Waals surface area contributed by atoms with Crippen LogP contribution < -0.4 is 11.5 Å². The Morgan fingerprint density at radius 3 is 2.00 bits per heavy atom. The molecule has 0 atom stereocenters. The highest BCUT2D eigenvalue weighted by atomic mass is 16.1. The first-order valence-corrected chi connectivity index (χ1v) is 3.48. The lowest BCUT2D eigenvalue weighted by molar-refractivity contribution is -0.116. The van der Waals surface area contributed by atoms with Crippen LogP contribution in [0.4, 0.5) is 0 Å². The molecular weight excluding hydrogens is 152 g/mol. The second kappa shape index (κ2) is 9.65. The molecule has 0 bridgehead atoms. The highest BCUT2D eigenvalue weighted by Crippen LogP contribution is 1.90. The first kappa shape index (κ1) is 13.3. The number of allylic oxidation sites excluding steroid dienone is 4. The van der Waals surface area contributed by atoms with Gasteiger partial charge >= 0.3 is 0 Å². The van der Waals surface area contributed by atoms with Gasteiger partial charge in [0.2, 0.25) is 5.91 Å². The normalized spacial score (nSPS) is 9.33. The molecule has 0 aromatic heterocycles. The molecule has 4 N–H and O–H groups in total. The smallest absolute Gasteiger partial charge is 0.231 e. The molecule has 3 nitrogen and oxygen atoms in total. The van der Waals surface area contributed by atoms with Gasteiger partial charge < -0.3 is 11.5 Å². The van der Waals surface area contributed by atoms with Crippen LogP contribution in [0.2, 0.25) is 0 Å². The minimum Gasteiger partial charge on any atom is -0.369 e. The summed E-state index contributed by atoms with van der Waals surface area (Å²) in [5.74, 6) is -0.468. The summed E-state index contributed by atoms with van der Waals surface area (Å²) in [7, 11) is 0. The number of primary amides is 1. The van der Waals surface area contributed by atoms with Crippen molar-refractivity contribution in [3.05, 3.63) is 37.0 Å². The van der Waals surface area contributed by atoms with E-state index >= 15 is 0 Å². The molecule has 0 spiro atoms. The van der Waals surface area contributed by atoms with E-state index in [1.54, 1.807) is 12.2 Å². The molecule has 0 aromatic rings. The topological polar surface area (TPSA) is 69.1 Å². The number of hydrogen-bond donors (Lipinski definition) is 2. The summed E-state index contributed by atoms with van der Waals surface area (Å²) in [5, 5.41) is 0. The largest absolute Gasteiger partial charge is 0.369 e. The van der Waals surface area contributed by atoms with Crippen LogP contribution in [0.3, 0.4) is 0 Å². The summed E-state index contributed by atoms with van der Waals surface area (Å²) in [6.07, 6.45) is 5.45. The SMILES string of the molecule is C=C/C=C(/C)C=C.NCC(N)=O. The predicted octanol–water partition coefficient (Wildman–Crippen LogP) is 0.735. The van der Waals surface area contributed by atoms with Gasteiger partial charge in [0, 0.05) is 0 Å². The summed E-state index contributed by atoms with van der Waals surface area (Å²) >= 11 is 0. The van der Waals surface area contributed by atoms with Crippen LogP contribution in [0.1, 0.15) is 6.92 Å². The molecule has 0 aliphatic heterocycles. The quantitative estimate of drug-likeness (QED) is 0.610. The van der Waals surface area contributed by atoms with Crippen LogP contribution in [0.25, 0.3) is 0 Å². The fourth-order valence-corrected chi connectivity index (χ4v) is 0.254. The zero-order chi connectivity index (χ0) is 9.98. The van der Waals surface area contributed by atoms with Crippen molar-refractivity contribution in [2.24, 2.45) is 11.5 Å². The molecule has 0 aliphatic rings. The number of amides is 1.